The molecule has 6 nitrogen and oxygen atoms in total. The first-order valence-corrected chi connectivity index (χ1v) is 9.72. The van der Waals surface area contributed by atoms with Crippen LogP contribution < -0.4 is 25.7 Å². The molecule has 0 unspecified atom stereocenters. The first kappa shape index (κ1) is 20.7. The molecule has 0 spiro atoms. The van der Waals surface area contributed by atoms with Crippen molar-refractivity contribution in [3.05, 3.63) is 63.4 Å². The van der Waals surface area contributed by atoms with Crippen LogP contribution in [0.3, 0.4) is 0 Å². The van der Waals surface area contributed by atoms with Crippen molar-refractivity contribution in [3.63, 3.8) is 0 Å². The summed E-state index contributed by atoms with van der Waals surface area (Å²) in [7, 11) is 3.17. The molecule has 29 heavy (non-hydrogen) atoms. The van der Waals surface area contributed by atoms with Crippen LogP contribution in [0.25, 0.3) is 10.9 Å². The molecule has 0 saturated carbocycles. The van der Waals surface area contributed by atoms with Crippen LogP contribution in [0.4, 0.5) is 5.69 Å². The van der Waals surface area contributed by atoms with Crippen LogP contribution in [0, 0.1) is 13.8 Å². The molecule has 0 saturated heterocycles. The molecule has 0 fully saturated rings. The fourth-order valence-electron chi connectivity index (χ4n) is 3.25. The second kappa shape index (κ2) is 8.96. The van der Waals surface area contributed by atoms with Gasteiger partial charge >= 0.3 is 0 Å². The number of anilines is 1. The number of thiocarbonyl (C=S) groups is 1. The number of pyridine rings is 1. The Hall–Kier alpha value is -3.06. The van der Waals surface area contributed by atoms with Gasteiger partial charge in [0.15, 0.2) is 5.11 Å². The van der Waals surface area contributed by atoms with E-state index in [1.165, 1.54) is 5.56 Å². The van der Waals surface area contributed by atoms with E-state index in [9.17, 15) is 4.79 Å². The van der Waals surface area contributed by atoms with Crippen molar-refractivity contribution in [3.8, 4) is 11.5 Å². The van der Waals surface area contributed by atoms with E-state index >= 15 is 0 Å². The van der Waals surface area contributed by atoms with Crippen molar-refractivity contribution in [2.75, 3.05) is 26.1 Å². The average molecular weight is 412 g/mol. The quantitative estimate of drug-likeness (QED) is 0.537. The SMILES string of the molecule is COc1ccc(OC)c2[nH]c(=O)c(CCNC(=S)Nc3ccc(C)cc3C)cc12. The number of aromatic nitrogens is 1. The van der Waals surface area contributed by atoms with Gasteiger partial charge in [-0.1, -0.05) is 17.7 Å². The maximum Gasteiger partial charge on any atom is 0.251 e. The lowest BCUT2D eigenvalue weighted by molar-refractivity contribution is 0.409. The summed E-state index contributed by atoms with van der Waals surface area (Å²) >= 11 is 5.38. The molecule has 0 amide bonds. The molecular weight excluding hydrogens is 386 g/mol. The number of aromatic amines is 1. The van der Waals surface area contributed by atoms with Gasteiger partial charge in [-0.2, -0.15) is 0 Å². The van der Waals surface area contributed by atoms with Crippen molar-refractivity contribution in [2.45, 2.75) is 20.3 Å². The largest absolute Gasteiger partial charge is 0.496 e. The third kappa shape index (κ3) is 4.68. The second-order valence-electron chi connectivity index (χ2n) is 6.83. The maximum atomic E-state index is 12.5. The van der Waals surface area contributed by atoms with Crippen LogP contribution in [0.2, 0.25) is 0 Å². The van der Waals surface area contributed by atoms with Crippen molar-refractivity contribution >= 4 is 33.9 Å². The Morgan fingerprint density at radius 2 is 1.79 bits per heavy atom. The molecular formula is C22H25N3O3S. The summed E-state index contributed by atoms with van der Waals surface area (Å²) < 4.78 is 10.8. The molecule has 3 aromatic rings. The van der Waals surface area contributed by atoms with E-state index in [4.69, 9.17) is 21.7 Å². The van der Waals surface area contributed by atoms with Crippen LogP contribution in [0.5, 0.6) is 11.5 Å². The third-order valence-corrected chi connectivity index (χ3v) is 5.01. The zero-order valence-electron chi connectivity index (χ0n) is 17.0. The molecule has 3 rings (SSSR count). The molecule has 0 atom stereocenters. The monoisotopic (exact) mass is 411 g/mol. The van der Waals surface area contributed by atoms with Gasteiger partial charge < -0.3 is 25.1 Å². The minimum atomic E-state index is -0.154. The smallest absolute Gasteiger partial charge is 0.251 e. The lowest BCUT2D eigenvalue weighted by Crippen LogP contribution is -2.31. The van der Waals surface area contributed by atoms with Crippen LogP contribution >= 0.6 is 12.2 Å². The van der Waals surface area contributed by atoms with E-state index in [1.807, 2.05) is 31.2 Å². The molecule has 0 radical (unpaired) electrons. The minimum absolute atomic E-state index is 0.154. The predicted molar refractivity (Wildman–Crippen MR) is 122 cm³/mol. The summed E-state index contributed by atoms with van der Waals surface area (Å²) in [6.45, 7) is 4.62. The Morgan fingerprint density at radius 3 is 2.48 bits per heavy atom. The number of fused-ring (bicyclic) bond motifs is 1. The van der Waals surface area contributed by atoms with E-state index in [1.54, 1.807) is 20.3 Å². The van der Waals surface area contributed by atoms with Gasteiger partial charge in [0.2, 0.25) is 0 Å². The molecule has 2 aromatic carbocycles. The fraction of sp³-hybridized carbons (Fsp3) is 0.273. The number of nitrogens with one attached hydrogen (secondary N) is 3. The first-order valence-electron chi connectivity index (χ1n) is 9.32. The predicted octanol–water partition coefficient (Wildman–Crippen LogP) is 3.69. The zero-order chi connectivity index (χ0) is 21.0. The first-order chi connectivity index (χ1) is 13.9. The normalized spacial score (nSPS) is 10.6. The van der Waals surface area contributed by atoms with Gasteiger partial charge in [-0.25, -0.2) is 0 Å². The Kier molecular flexibility index (Phi) is 6.39. The number of hydrogen-bond acceptors (Lipinski definition) is 4. The van der Waals surface area contributed by atoms with Gasteiger partial charge in [-0.05, 0) is 62.3 Å². The highest BCUT2D eigenvalue weighted by atomic mass is 32.1. The zero-order valence-corrected chi connectivity index (χ0v) is 17.8. The highest BCUT2D eigenvalue weighted by molar-refractivity contribution is 7.80. The van der Waals surface area contributed by atoms with Crippen molar-refractivity contribution < 1.29 is 9.47 Å². The van der Waals surface area contributed by atoms with E-state index in [0.29, 0.717) is 40.7 Å². The van der Waals surface area contributed by atoms with Crippen molar-refractivity contribution in [2.24, 2.45) is 0 Å². The molecule has 1 aromatic heterocycles. The summed E-state index contributed by atoms with van der Waals surface area (Å²) in [6, 6.07) is 11.6. The van der Waals surface area contributed by atoms with Crippen molar-refractivity contribution in [1.82, 2.24) is 10.3 Å². The molecule has 0 aliphatic heterocycles. The molecule has 1 heterocycles. The van der Waals surface area contributed by atoms with Crippen LogP contribution in [-0.2, 0) is 6.42 Å². The maximum absolute atomic E-state index is 12.5. The summed E-state index contributed by atoms with van der Waals surface area (Å²) in [5.41, 5.74) is 4.41. The topological polar surface area (TPSA) is 75.4 Å². The van der Waals surface area contributed by atoms with E-state index in [-0.39, 0.29) is 5.56 Å². The summed E-state index contributed by atoms with van der Waals surface area (Å²) in [6.07, 6.45) is 0.514. The Bertz CT molecular complexity index is 1110. The van der Waals surface area contributed by atoms with Gasteiger partial charge in [0, 0.05) is 23.2 Å². The second-order valence-corrected chi connectivity index (χ2v) is 7.24. The van der Waals surface area contributed by atoms with Crippen LogP contribution in [0.15, 0.2) is 41.2 Å². The Labute approximate surface area is 175 Å². The number of aryl methyl sites for hydroxylation is 2. The fourth-order valence-corrected chi connectivity index (χ4v) is 3.46. The number of rotatable bonds is 6. The highest BCUT2D eigenvalue weighted by Gasteiger charge is 2.11. The molecule has 0 aliphatic rings. The third-order valence-electron chi connectivity index (χ3n) is 4.77. The van der Waals surface area contributed by atoms with Crippen LogP contribution in [0.1, 0.15) is 16.7 Å². The van der Waals surface area contributed by atoms with Gasteiger partial charge in [-0.15, -0.1) is 0 Å². The van der Waals surface area contributed by atoms with Crippen LogP contribution in [-0.4, -0.2) is 30.9 Å². The van der Waals surface area contributed by atoms with Gasteiger partial charge in [-0.3, -0.25) is 4.79 Å². The molecule has 152 valence electrons. The summed E-state index contributed by atoms with van der Waals surface area (Å²) in [4.78, 5) is 15.4. The highest BCUT2D eigenvalue weighted by Crippen LogP contribution is 2.31. The number of H-pyrrole nitrogens is 1. The molecule has 0 aliphatic carbocycles. The summed E-state index contributed by atoms with van der Waals surface area (Å²) in [5, 5.41) is 7.68. The number of benzene rings is 2. The van der Waals surface area contributed by atoms with E-state index in [2.05, 4.69) is 28.6 Å². The molecule has 0 bridgehead atoms. The van der Waals surface area contributed by atoms with Crippen molar-refractivity contribution in [1.29, 1.82) is 0 Å². The van der Waals surface area contributed by atoms with Gasteiger partial charge in [0.25, 0.3) is 5.56 Å². The number of hydrogen-bond donors (Lipinski definition) is 3. The lowest BCUT2D eigenvalue weighted by atomic mass is 10.1. The average Bonchev–Trinajstić information content (AvgIpc) is 2.69. The standard InChI is InChI=1S/C22H25N3O3S/c1-13-5-6-17(14(2)11-13)24-22(29)23-10-9-15-12-16-18(27-3)7-8-19(28-4)20(16)25-21(15)26/h5-8,11-12H,9-10H2,1-4H3,(H,25,26)(H2,23,24,29). The van der Waals surface area contributed by atoms with Gasteiger partial charge in [0.05, 0.1) is 19.7 Å². The van der Waals surface area contributed by atoms with E-state index in [0.717, 1.165) is 16.6 Å². The van der Waals surface area contributed by atoms with Gasteiger partial charge in [0.1, 0.15) is 11.5 Å². The Balaban J connectivity index is 1.71. The molecule has 3 N–H and O–H groups in total. The number of ether oxygens (including phenoxy) is 2. The van der Waals surface area contributed by atoms with E-state index < -0.39 is 0 Å². The molecule has 7 heteroatoms. The lowest BCUT2D eigenvalue weighted by Gasteiger charge is -2.13. The number of methoxy groups -OCH3 is 2. The summed E-state index contributed by atoms with van der Waals surface area (Å²) in [5.74, 6) is 1.28. The minimum Gasteiger partial charge on any atom is -0.496 e. The Morgan fingerprint density at radius 1 is 1.07 bits per heavy atom.